The minimum Gasteiger partial charge on any atom is -0.305 e. The zero-order valence-corrected chi connectivity index (χ0v) is 15.4. The third kappa shape index (κ3) is 4.78. The van der Waals surface area contributed by atoms with Gasteiger partial charge in [0.05, 0.1) is 11.7 Å². The van der Waals surface area contributed by atoms with E-state index in [1.807, 2.05) is 18.3 Å². The summed E-state index contributed by atoms with van der Waals surface area (Å²) in [7, 11) is 4.21. The Morgan fingerprint density at radius 1 is 1.22 bits per heavy atom. The Hall–Kier alpha value is -1.40. The van der Waals surface area contributed by atoms with Crippen molar-refractivity contribution in [3.05, 3.63) is 35.9 Å². The fourth-order valence-corrected chi connectivity index (χ4v) is 3.47. The van der Waals surface area contributed by atoms with E-state index in [4.69, 9.17) is 0 Å². The molecule has 0 unspecified atom stereocenters. The first-order valence-corrected chi connectivity index (χ1v) is 9.28. The molecule has 0 amide bonds. The van der Waals surface area contributed by atoms with Crippen molar-refractivity contribution in [1.82, 2.24) is 24.6 Å². The monoisotopic (exact) mass is 333 g/mol. The Morgan fingerprint density at radius 3 is 2.65 bits per heavy atom. The number of rotatable bonds is 9. The summed E-state index contributed by atoms with van der Waals surface area (Å²) in [6.07, 6.45) is 5.18. The molecule has 0 spiro atoms. The van der Waals surface area contributed by atoms with E-state index in [0.29, 0.717) is 6.04 Å². The highest BCUT2D eigenvalue weighted by atomic mass is 32.2. The summed E-state index contributed by atoms with van der Waals surface area (Å²) in [4.78, 5) is 6.61. The second-order valence-corrected chi connectivity index (χ2v) is 6.79. The molecular weight excluding hydrogens is 306 g/mol. The molecule has 0 bridgehead atoms. The van der Waals surface area contributed by atoms with Crippen LogP contribution < -0.4 is 0 Å². The Kier molecular flexibility index (Phi) is 7.05. The summed E-state index contributed by atoms with van der Waals surface area (Å²) in [5, 5.41) is 9.96. The molecule has 0 aliphatic heterocycles. The minimum absolute atomic E-state index is 0.309. The van der Waals surface area contributed by atoms with Crippen molar-refractivity contribution in [2.24, 2.45) is 0 Å². The van der Waals surface area contributed by atoms with Gasteiger partial charge in [-0.25, -0.2) is 0 Å². The van der Waals surface area contributed by atoms with Crippen LogP contribution in [0.4, 0.5) is 0 Å². The standard InChI is InChI=1S/C17H27N5S/c1-5-7-12-22-16(15(6-2)21(3)4)19-20-17(22)23-13-14-10-8-9-11-18-14/h8-11,15H,5-7,12-13H2,1-4H3/t15-/m1/s1. The highest BCUT2D eigenvalue weighted by Gasteiger charge is 2.21. The average molecular weight is 334 g/mol. The van der Waals surface area contributed by atoms with Gasteiger partial charge >= 0.3 is 0 Å². The molecule has 2 aromatic rings. The minimum atomic E-state index is 0.309. The van der Waals surface area contributed by atoms with Gasteiger partial charge in [-0.15, -0.1) is 10.2 Å². The van der Waals surface area contributed by atoms with E-state index in [-0.39, 0.29) is 0 Å². The van der Waals surface area contributed by atoms with Crippen LogP contribution in [0.5, 0.6) is 0 Å². The number of unbranched alkanes of at least 4 members (excludes halogenated alkanes) is 1. The fourth-order valence-electron chi connectivity index (χ4n) is 2.58. The summed E-state index contributed by atoms with van der Waals surface area (Å²) < 4.78 is 2.30. The topological polar surface area (TPSA) is 46.8 Å². The van der Waals surface area contributed by atoms with Crippen LogP contribution in [0.2, 0.25) is 0 Å². The normalized spacial score (nSPS) is 12.7. The lowest BCUT2D eigenvalue weighted by molar-refractivity contribution is 0.270. The lowest BCUT2D eigenvalue weighted by atomic mass is 10.2. The van der Waals surface area contributed by atoms with Crippen molar-refractivity contribution in [3.63, 3.8) is 0 Å². The first-order chi connectivity index (χ1) is 11.2. The zero-order chi connectivity index (χ0) is 16.7. The van der Waals surface area contributed by atoms with Gasteiger partial charge in [0.2, 0.25) is 0 Å². The Labute approximate surface area is 143 Å². The van der Waals surface area contributed by atoms with Gasteiger partial charge in [0.25, 0.3) is 0 Å². The van der Waals surface area contributed by atoms with E-state index in [0.717, 1.165) is 41.8 Å². The van der Waals surface area contributed by atoms with E-state index in [9.17, 15) is 0 Å². The molecule has 6 heteroatoms. The van der Waals surface area contributed by atoms with Crippen LogP contribution in [0, 0.1) is 0 Å². The summed E-state index contributed by atoms with van der Waals surface area (Å²) in [5.74, 6) is 1.90. The number of thioether (sulfide) groups is 1. The van der Waals surface area contributed by atoms with Gasteiger partial charge in [-0.05, 0) is 39.1 Å². The first-order valence-electron chi connectivity index (χ1n) is 8.29. The molecule has 0 N–H and O–H groups in total. The van der Waals surface area contributed by atoms with E-state index in [1.54, 1.807) is 11.8 Å². The maximum absolute atomic E-state index is 4.50. The molecule has 2 aromatic heterocycles. The third-order valence-corrected chi connectivity index (χ3v) is 4.86. The molecule has 0 aromatic carbocycles. The van der Waals surface area contributed by atoms with Crippen LogP contribution in [-0.2, 0) is 12.3 Å². The number of hydrogen-bond acceptors (Lipinski definition) is 5. The molecule has 126 valence electrons. The predicted octanol–water partition coefficient (Wildman–Crippen LogP) is 3.78. The number of nitrogens with zero attached hydrogens (tertiary/aromatic N) is 5. The summed E-state index contributed by atoms with van der Waals surface area (Å²) in [6.45, 7) is 5.39. The summed E-state index contributed by atoms with van der Waals surface area (Å²) in [5.41, 5.74) is 1.07. The highest BCUT2D eigenvalue weighted by molar-refractivity contribution is 7.98. The molecule has 0 aliphatic rings. The Balaban J connectivity index is 2.19. The highest BCUT2D eigenvalue weighted by Crippen LogP contribution is 2.27. The largest absolute Gasteiger partial charge is 0.305 e. The van der Waals surface area contributed by atoms with Crippen molar-refractivity contribution < 1.29 is 0 Å². The second-order valence-electron chi connectivity index (χ2n) is 5.84. The van der Waals surface area contributed by atoms with Crippen LogP contribution in [0.25, 0.3) is 0 Å². The van der Waals surface area contributed by atoms with Gasteiger partial charge in [0, 0.05) is 18.5 Å². The predicted molar refractivity (Wildman–Crippen MR) is 95.4 cm³/mol. The molecular formula is C17H27N5S. The van der Waals surface area contributed by atoms with Crippen LogP contribution >= 0.6 is 11.8 Å². The van der Waals surface area contributed by atoms with Crippen molar-refractivity contribution in [3.8, 4) is 0 Å². The second kappa shape index (κ2) is 9.03. The Morgan fingerprint density at radius 2 is 2.04 bits per heavy atom. The maximum Gasteiger partial charge on any atom is 0.191 e. The van der Waals surface area contributed by atoms with Gasteiger partial charge in [0.15, 0.2) is 11.0 Å². The Bertz CT molecular complexity index is 582. The van der Waals surface area contributed by atoms with Crippen molar-refractivity contribution in [2.45, 2.75) is 56.6 Å². The lowest BCUT2D eigenvalue weighted by Crippen LogP contribution is -2.23. The summed E-state index contributed by atoms with van der Waals surface area (Å²) >= 11 is 1.72. The van der Waals surface area contributed by atoms with Crippen molar-refractivity contribution in [1.29, 1.82) is 0 Å². The number of hydrogen-bond donors (Lipinski definition) is 0. The van der Waals surface area contributed by atoms with Gasteiger partial charge in [-0.2, -0.15) is 0 Å². The van der Waals surface area contributed by atoms with Gasteiger partial charge in [-0.3, -0.25) is 9.88 Å². The molecule has 0 saturated heterocycles. The van der Waals surface area contributed by atoms with E-state index >= 15 is 0 Å². The van der Waals surface area contributed by atoms with Crippen molar-refractivity contribution >= 4 is 11.8 Å². The number of pyridine rings is 1. The van der Waals surface area contributed by atoms with Crippen molar-refractivity contribution in [2.75, 3.05) is 14.1 Å². The average Bonchev–Trinajstić information content (AvgIpc) is 2.95. The quantitative estimate of drug-likeness (QED) is 0.654. The molecule has 0 radical (unpaired) electrons. The zero-order valence-electron chi connectivity index (χ0n) is 14.6. The van der Waals surface area contributed by atoms with E-state index < -0.39 is 0 Å². The number of aromatic nitrogens is 4. The van der Waals surface area contributed by atoms with E-state index in [2.05, 4.69) is 58.7 Å². The molecule has 2 heterocycles. The van der Waals surface area contributed by atoms with Crippen LogP contribution in [0.3, 0.4) is 0 Å². The van der Waals surface area contributed by atoms with Gasteiger partial charge in [-0.1, -0.05) is 38.1 Å². The lowest BCUT2D eigenvalue weighted by Gasteiger charge is -2.23. The molecule has 23 heavy (non-hydrogen) atoms. The molecule has 0 fully saturated rings. The van der Waals surface area contributed by atoms with E-state index in [1.165, 1.54) is 6.42 Å². The smallest absolute Gasteiger partial charge is 0.191 e. The maximum atomic E-state index is 4.50. The molecule has 5 nitrogen and oxygen atoms in total. The molecule has 0 aliphatic carbocycles. The molecule has 2 rings (SSSR count). The first kappa shape index (κ1) is 17.9. The molecule has 0 saturated carbocycles. The van der Waals surface area contributed by atoms with Crippen LogP contribution in [-0.4, -0.2) is 38.7 Å². The molecule has 1 atom stereocenters. The third-order valence-electron chi connectivity index (χ3n) is 3.86. The van der Waals surface area contributed by atoms with Crippen LogP contribution in [0.1, 0.15) is 50.7 Å². The summed E-state index contributed by atoms with van der Waals surface area (Å²) in [6, 6.07) is 6.33. The fraction of sp³-hybridized carbons (Fsp3) is 0.588. The van der Waals surface area contributed by atoms with Crippen LogP contribution in [0.15, 0.2) is 29.6 Å². The SMILES string of the molecule is CCCCn1c(SCc2ccccn2)nnc1[C@@H](CC)N(C)C. The van der Waals surface area contributed by atoms with Gasteiger partial charge in [0.1, 0.15) is 0 Å². The van der Waals surface area contributed by atoms with Gasteiger partial charge < -0.3 is 4.57 Å².